The summed E-state index contributed by atoms with van der Waals surface area (Å²) in [5.41, 5.74) is 0.311. The third-order valence-electron chi connectivity index (χ3n) is 4.27. The number of alkyl halides is 4. The lowest BCUT2D eigenvalue weighted by atomic mass is 10.1. The number of aryl methyl sites for hydroxylation is 1. The lowest BCUT2D eigenvalue weighted by molar-refractivity contribution is -0.138. The van der Waals surface area contributed by atoms with Gasteiger partial charge in [0.25, 0.3) is 5.89 Å². The summed E-state index contributed by atoms with van der Waals surface area (Å²) in [6, 6.07) is 9.97. The average molecular weight is 458 g/mol. The Labute approximate surface area is 175 Å². The second-order valence-corrected chi connectivity index (χ2v) is 9.01. The van der Waals surface area contributed by atoms with Crippen LogP contribution < -0.4 is 4.74 Å². The van der Waals surface area contributed by atoms with Crippen molar-refractivity contribution in [1.29, 1.82) is 0 Å². The molecule has 3 rings (SSSR count). The van der Waals surface area contributed by atoms with E-state index in [2.05, 4.69) is 10.1 Å². The Balaban J connectivity index is 1.83. The van der Waals surface area contributed by atoms with Crippen LogP contribution in [0.15, 0.2) is 47.0 Å². The number of nitrogens with zero attached hydrogens (tertiary/aromatic N) is 2. The number of benzene rings is 2. The molecule has 0 fully saturated rings. The lowest BCUT2D eigenvalue weighted by Crippen LogP contribution is -2.10. The van der Waals surface area contributed by atoms with Crippen LogP contribution in [0.2, 0.25) is 0 Å². The number of hydrogen-bond acceptors (Lipinski definition) is 6. The molecule has 0 N–H and O–H groups in total. The van der Waals surface area contributed by atoms with Crippen molar-refractivity contribution in [3.63, 3.8) is 0 Å². The lowest BCUT2D eigenvalue weighted by Gasteiger charge is -2.13. The number of hydrogen-bond donors (Lipinski definition) is 0. The zero-order chi connectivity index (χ0) is 22.6. The fourth-order valence-electron chi connectivity index (χ4n) is 2.74. The molecule has 3 aromatic rings. The minimum Gasteiger partial charge on any atom is -0.490 e. The molecule has 0 aliphatic carbocycles. The molecule has 166 valence electrons. The van der Waals surface area contributed by atoms with Crippen molar-refractivity contribution in [1.82, 2.24) is 10.1 Å². The highest BCUT2D eigenvalue weighted by Crippen LogP contribution is 2.38. The van der Waals surface area contributed by atoms with E-state index in [0.717, 1.165) is 24.0 Å². The first-order chi connectivity index (χ1) is 14.6. The summed E-state index contributed by atoms with van der Waals surface area (Å²) in [6.45, 7) is -1.41. The molecule has 31 heavy (non-hydrogen) atoms. The van der Waals surface area contributed by atoms with Crippen LogP contribution in [0.3, 0.4) is 0 Å². The second kappa shape index (κ2) is 9.04. The summed E-state index contributed by atoms with van der Waals surface area (Å²) in [6.07, 6.45) is -3.20. The summed E-state index contributed by atoms with van der Waals surface area (Å²) >= 11 is 0. The van der Waals surface area contributed by atoms with Gasteiger partial charge in [-0.05, 0) is 30.2 Å². The van der Waals surface area contributed by atoms with Gasteiger partial charge in [-0.3, -0.25) is 0 Å². The molecule has 0 saturated heterocycles. The standard InChI is InChI=1S/C20H18F4N2O4S/c1-31(27,28)11-8-13-2-4-14(5-3-13)18-25-19(30-26-18)15-6-7-17(29-10-9-21)16(12-15)20(22,23)24/h2-7,12H,8-11H2,1H3. The number of aromatic nitrogens is 2. The Morgan fingerprint density at radius 3 is 2.35 bits per heavy atom. The van der Waals surface area contributed by atoms with Gasteiger partial charge in [-0.15, -0.1) is 0 Å². The molecule has 0 bridgehead atoms. The van der Waals surface area contributed by atoms with Crippen molar-refractivity contribution < 1.29 is 35.2 Å². The van der Waals surface area contributed by atoms with Gasteiger partial charge in [0.15, 0.2) is 0 Å². The van der Waals surface area contributed by atoms with Crippen molar-refractivity contribution in [3.8, 4) is 28.6 Å². The molecule has 0 amide bonds. The first-order valence-corrected chi connectivity index (χ1v) is 11.1. The molecule has 0 aliphatic heterocycles. The SMILES string of the molecule is CS(=O)(=O)CCc1ccc(-c2noc(-c3ccc(OCCF)c(C(F)(F)F)c3)n2)cc1. The highest BCUT2D eigenvalue weighted by atomic mass is 32.2. The quantitative estimate of drug-likeness (QED) is 0.467. The van der Waals surface area contributed by atoms with E-state index in [1.165, 1.54) is 6.07 Å². The van der Waals surface area contributed by atoms with E-state index in [-0.39, 0.29) is 23.0 Å². The number of ether oxygens (including phenoxy) is 1. The molecule has 1 heterocycles. The minimum absolute atomic E-state index is 0.0191. The molecule has 1 aromatic heterocycles. The minimum atomic E-state index is -4.72. The molecule has 6 nitrogen and oxygen atoms in total. The summed E-state index contributed by atoms with van der Waals surface area (Å²) < 4.78 is 84.7. The van der Waals surface area contributed by atoms with Crippen LogP contribution in [0, 0.1) is 0 Å². The zero-order valence-corrected chi connectivity index (χ0v) is 17.1. The topological polar surface area (TPSA) is 82.3 Å². The second-order valence-electron chi connectivity index (χ2n) is 6.75. The normalized spacial score (nSPS) is 12.2. The van der Waals surface area contributed by atoms with Crippen LogP contribution in [0.1, 0.15) is 11.1 Å². The summed E-state index contributed by atoms with van der Waals surface area (Å²) in [4.78, 5) is 4.14. The molecule has 0 saturated carbocycles. The van der Waals surface area contributed by atoms with Crippen molar-refractivity contribution in [2.75, 3.05) is 25.3 Å². The Bertz CT molecular complexity index is 1140. The molecule has 0 radical (unpaired) electrons. The van der Waals surface area contributed by atoms with Crippen molar-refractivity contribution in [2.24, 2.45) is 0 Å². The predicted octanol–water partition coefficient (Wildman–Crippen LogP) is 4.36. The van der Waals surface area contributed by atoms with Gasteiger partial charge in [-0.25, -0.2) is 12.8 Å². The smallest absolute Gasteiger partial charge is 0.419 e. The van der Waals surface area contributed by atoms with Crippen molar-refractivity contribution in [2.45, 2.75) is 12.6 Å². The third-order valence-corrected chi connectivity index (χ3v) is 5.21. The van der Waals surface area contributed by atoms with Crippen LogP contribution in [0.5, 0.6) is 5.75 Å². The van der Waals surface area contributed by atoms with E-state index < -0.39 is 40.6 Å². The van der Waals surface area contributed by atoms with Gasteiger partial charge in [0, 0.05) is 17.4 Å². The van der Waals surface area contributed by atoms with E-state index in [4.69, 9.17) is 9.26 Å². The van der Waals surface area contributed by atoms with Gasteiger partial charge < -0.3 is 9.26 Å². The Hall–Kier alpha value is -2.95. The van der Waals surface area contributed by atoms with E-state index in [1.54, 1.807) is 24.3 Å². The predicted molar refractivity (Wildman–Crippen MR) is 105 cm³/mol. The monoisotopic (exact) mass is 458 g/mol. The molecule has 11 heteroatoms. The third kappa shape index (κ3) is 6.03. The van der Waals surface area contributed by atoms with Crippen LogP contribution in [-0.2, 0) is 22.4 Å². The van der Waals surface area contributed by atoms with Crippen LogP contribution in [0.4, 0.5) is 17.6 Å². The molecule has 0 atom stereocenters. The Morgan fingerprint density at radius 1 is 1.06 bits per heavy atom. The van der Waals surface area contributed by atoms with E-state index >= 15 is 0 Å². The van der Waals surface area contributed by atoms with Gasteiger partial charge in [-0.1, -0.05) is 29.4 Å². The van der Waals surface area contributed by atoms with Crippen molar-refractivity contribution in [3.05, 3.63) is 53.6 Å². The van der Waals surface area contributed by atoms with Gasteiger partial charge in [0.2, 0.25) is 5.82 Å². The van der Waals surface area contributed by atoms with Gasteiger partial charge >= 0.3 is 6.18 Å². The summed E-state index contributed by atoms with van der Waals surface area (Å²) in [5.74, 6) is -0.432. The van der Waals surface area contributed by atoms with E-state index in [1.807, 2.05) is 0 Å². The molecule has 0 spiro atoms. The molecular formula is C20H18F4N2O4S. The highest BCUT2D eigenvalue weighted by Gasteiger charge is 2.35. The fourth-order valence-corrected chi connectivity index (χ4v) is 3.35. The molecular weight excluding hydrogens is 440 g/mol. The molecule has 0 aliphatic rings. The highest BCUT2D eigenvalue weighted by molar-refractivity contribution is 7.90. The summed E-state index contributed by atoms with van der Waals surface area (Å²) in [5, 5.41) is 3.80. The zero-order valence-electron chi connectivity index (χ0n) is 16.3. The maximum atomic E-state index is 13.3. The van der Waals surface area contributed by atoms with Crippen LogP contribution in [-0.4, -0.2) is 43.8 Å². The number of rotatable bonds is 8. The first kappa shape index (κ1) is 22.7. The van der Waals surface area contributed by atoms with Crippen LogP contribution in [0.25, 0.3) is 22.8 Å². The summed E-state index contributed by atoms with van der Waals surface area (Å²) in [7, 11) is -3.08. The fraction of sp³-hybridized carbons (Fsp3) is 0.300. The Kier molecular flexibility index (Phi) is 6.63. The van der Waals surface area contributed by atoms with Gasteiger partial charge in [0.1, 0.15) is 28.9 Å². The Morgan fingerprint density at radius 2 is 1.74 bits per heavy atom. The van der Waals surface area contributed by atoms with Gasteiger partial charge in [-0.2, -0.15) is 18.2 Å². The maximum absolute atomic E-state index is 13.3. The van der Waals surface area contributed by atoms with Crippen LogP contribution >= 0.6 is 0 Å². The maximum Gasteiger partial charge on any atom is 0.419 e. The number of sulfone groups is 1. The largest absolute Gasteiger partial charge is 0.490 e. The van der Waals surface area contributed by atoms with E-state index in [0.29, 0.717) is 12.0 Å². The first-order valence-electron chi connectivity index (χ1n) is 9.08. The molecule has 0 unspecified atom stereocenters. The number of halogens is 4. The van der Waals surface area contributed by atoms with Gasteiger partial charge in [0.05, 0.1) is 11.3 Å². The van der Waals surface area contributed by atoms with Crippen molar-refractivity contribution >= 4 is 9.84 Å². The average Bonchev–Trinajstić information content (AvgIpc) is 3.20. The molecule has 2 aromatic carbocycles. The van der Waals surface area contributed by atoms with E-state index in [9.17, 15) is 26.0 Å².